The number of halogens is 2. The van der Waals surface area contributed by atoms with E-state index in [2.05, 4.69) is 4.98 Å². The lowest BCUT2D eigenvalue weighted by Crippen LogP contribution is -2.33. The standard InChI is InChI=1S/C12H11F2N3O4/c13-2-1-6-4-17(12(20)16-10(6)15)11-9(19)7(3-14)8(5-18)21-11/h3-4,8-9,11,18-19H,5H2,(H2,15,16,20). The summed E-state index contributed by atoms with van der Waals surface area (Å²) in [4.78, 5) is 15.2. The van der Waals surface area contributed by atoms with Crippen molar-refractivity contribution in [2.24, 2.45) is 0 Å². The van der Waals surface area contributed by atoms with Gasteiger partial charge in [-0.2, -0.15) is 4.98 Å². The van der Waals surface area contributed by atoms with Gasteiger partial charge in [-0.15, -0.1) is 4.39 Å². The first kappa shape index (κ1) is 15.1. The molecule has 0 aliphatic carbocycles. The maximum absolute atomic E-state index is 12.7. The topological polar surface area (TPSA) is 111 Å². The normalized spacial score (nSPS) is 26.7. The number of aliphatic hydroxyl groups excluding tert-OH is 2. The van der Waals surface area contributed by atoms with Gasteiger partial charge in [-0.3, -0.25) is 4.57 Å². The number of hydrogen-bond donors (Lipinski definition) is 3. The van der Waals surface area contributed by atoms with Crippen LogP contribution in [-0.2, 0) is 4.74 Å². The number of aliphatic hydroxyl groups is 2. The summed E-state index contributed by atoms with van der Waals surface area (Å²) in [6.07, 6.45) is -1.69. The second-order valence-electron chi connectivity index (χ2n) is 4.20. The molecule has 1 aliphatic rings. The largest absolute Gasteiger partial charge is 0.393 e. The Hall–Kier alpha value is -2.28. The van der Waals surface area contributed by atoms with Crippen LogP contribution >= 0.6 is 0 Å². The Morgan fingerprint density at radius 3 is 2.86 bits per heavy atom. The molecule has 0 spiro atoms. The van der Waals surface area contributed by atoms with Crippen LogP contribution in [0.25, 0.3) is 0 Å². The molecular weight excluding hydrogens is 288 g/mol. The Morgan fingerprint density at radius 1 is 1.62 bits per heavy atom. The van der Waals surface area contributed by atoms with E-state index in [1.807, 2.05) is 5.92 Å². The fourth-order valence-electron chi connectivity index (χ4n) is 1.99. The highest BCUT2D eigenvalue weighted by Crippen LogP contribution is 2.32. The Morgan fingerprint density at radius 2 is 2.33 bits per heavy atom. The number of hydrogen-bond acceptors (Lipinski definition) is 6. The highest BCUT2D eigenvalue weighted by atomic mass is 19.1. The van der Waals surface area contributed by atoms with Crippen LogP contribution in [0.3, 0.4) is 0 Å². The van der Waals surface area contributed by atoms with Crippen molar-refractivity contribution in [2.75, 3.05) is 12.3 Å². The summed E-state index contributed by atoms with van der Waals surface area (Å²) < 4.78 is 30.8. The third-order valence-electron chi connectivity index (χ3n) is 3.02. The van der Waals surface area contributed by atoms with Gasteiger partial charge in [0.05, 0.1) is 18.5 Å². The van der Waals surface area contributed by atoms with Crippen molar-refractivity contribution in [2.45, 2.75) is 18.4 Å². The lowest BCUT2D eigenvalue weighted by Gasteiger charge is -2.17. The van der Waals surface area contributed by atoms with Crippen molar-refractivity contribution < 1.29 is 23.7 Å². The maximum atomic E-state index is 12.7. The average Bonchev–Trinajstić information content (AvgIpc) is 2.78. The number of anilines is 1. The molecule has 0 saturated carbocycles. The van der Waals surface area contributed by atoms with E-state index in [9.17, 15) is 18.7 Å². The van der Waals surface area contributed by atoms with E-state index >= 15 is 0 Å². The molecule has 3 unspecified atom stereocenters. The molecule has 0 radical (unpaired) electrons. The zero-order valence-corrected chi connectivity index (χ0v) is 10.5. The molecule has 7 nitrogen and oxygen atoms in total. The van der Waals surface area contributed by atoms with E-state index in [1.165, 1.54) is 0 Å². The smallest absolute Gasteiger partial charge is 0.351 e. The summed E-state index contributed by atoms with van der Waals surface area (Å²) in [5.74, 6) is 1.71. The molecule has 4 N–H and O–H groups in total. The quantitative estimate of drug-likeness (QED) is 0.617. The van der Waals surface area contributed by atoms with E-state index < -0.39 is 30.7 Å². The van der Waals surface area contributed by atoms with Gasteiger partial charge < -0.3 is 20.7 Å². The summed E-state index contributed by atoms with van der Waals surface area (Å²) in [7, 11) is 0. The molecule has 1 fully saturated rings. The number of nitrogens with two attached hydrogens (primary N) is 1. The molecule has 1 saturated heterocycles. The van der Waals surface area contributed by atoms with Gasteiger partial charge in [0.25, 0.3) is 0 Å². The van der Waals surface area contributed by atoms with E-state index in [1.54, 1.807) is 0 Å². The van der Waals surface area contributed by atoms with E-state index in [4.69, 9.17) is 15.6 Å². The number of aromatic nitrogens is 2. The first-order valence-corrected chi connectivity index (χ1v) is 5.78. The summed E-state index contributed by atoms with van der Waals surface area (Å²) in [5.41, 5.74) is 4.21. The maximum Gasteiger partial charge on any atom is 0.351 e. The van der Waals surface area contributed by atoms with Gasteiger partial charge in [0.1, 0.15) is 24.2 Å². The summed E-state index contributed by atoms with van der Waals surface area (Å²) in [6.45, 7) is -0.586. The molecular formula is C12H11F2N3O4. The van der Waals surface area contributed by atoms with Crippen LogP contribution in [0.5, 0.6) is 0 Å². The third-order valence-corrected chi connectivity index (χ3v) is 3.02. The van der Waals surface area contributed by atoms with Gasteiger partial charge in [-0.25, -0.2) is 9.18 Å². The van der Waals surface area contributed by atoms with Crippen molar-refractivity contribution >= 4 is 5.82 Å². The van der Waals surface area contributed by atoms with Crippen molar-refractivity contribution in [3.8, 4) is 12.1 Å². The molecule has 2 rings (SSSR count). The van der Waals surface area contributed by atoms with Gasteiger partial charge in [-0.1, -0.05) is 0 Å². The van der Waals surface area contributed by atoms with E-state index in [0.717, 1.165) is 16.9 Å². The first-order chi connectivity index (χ1) is 10.0. The molecule has 1 aliphatic heterocycles. The highest BCUT2D eigenvalue weighted by Gasteiger charge is 2.40. The molecule has 0 aromatic carbocycles. The zero-order valence-electron chi connectivity index (χ0n) is 10.5. The fraction of sp³-hybridized carbons (Fsp3) is 0.333. The predicted octanol–water partition coefficient (Wildman–Crippen LogP) is -0.792. The molecule has 112 valence electrons. The number of nitrogens with zero attached hydrogens (tertiary/aromatic N) is 2. The number of nitrogen functional groups attached to an aromatic ring is 1. The van der Waals surface area contributed by atoms with Crippen LogP contribution in [0.15, 0.2) is 22.9 Å². The number of rotatable bonds is 2. The van der Waals surface area contributed by atoms with Crippen LogP contribution in [-0.4, -0.2) is 38.6 Å². The van der Waals surface area contributed by atoms with Crippen molar-refractivity contribution in [3.05, 3.63) is 34.1 Å². The Kier molecular flexibility index (Phi) is 4.32. The van der Waals surface area contributed by atoms with Crippen LogP contribution < -0.4 is 11.4 Å². The minimum Gasteiger partial charge on any atom is -0.393 e. The lowest BCUT2D eigenvalue weighted by atomic mass is 10.1. The first-order valence-electron chi connectivity index (χ1n) is 5.78. The second kappa shape index (κ2) is 6.01. The van der Waals surface area contributed by atoms with Crippen molar-refractivity contribution in [3.63, 3.8) is 0 Å². The summed E-state index contributed by atoms with van der Waals surface area (Å²) >= 11 is 0. The average molecular weight is 299 g/mol. The minimum absolute atomic E-state index is 0.0915. The van der Waals surface area contributed by atoms with Gasteiger partial charge >= 0.3 is 5.69 Å². The van der Waals surface area contributed by atoms with Crippen LogP contribution in [0.4, 0.5) is 14.6 Å². The molecule has 21 heavy (non-hydrogen) atoms. The Balaban J connectivity index is 2.49. The second-order valence-corrected chi connectivity index (χ2v) is 4.20. The van der Waals surface area contributed by atoms with E-state index in [0.29, 0.717) is 0 Å². The summed E-state index contributed by atoms with van der Waals surface area (Å²) in [6, 6.07) is 0. The zero-order chi connectivity index (χ0) is 15.6. The van der Waals surface area contributed by atoms with E-state index in [-0.39, 0.29) is 23.3 Å². The monoisotopic (exact) mass is 299 g/mol. The molecule has 1 aromatic rings. The van der Waals surface area contributed by atoms with Crippen LogP contribution in [0.2, 0.25) is 0 Å². The highest BCUT2D eigenvalue weighted by molar-refractivity contribution is 5.48. The van der Waals surface area contributed by atoms with Gasteiger partial charge in [0.15, 0.2) is 6.23 Å². The Labute approximate surface area is 117 Å². The minimum atomic E-state index is -1.51. The summed E-state index contributed by atoms with van der Waals surface area (Å²) in [5, 5.41) is 19.0. The molecule has 3 atom stereocenters. The van der Waals surface area contributed by atoms with Crippen LogP contribution in [0.1, 0.15) is 11.8 Å². The molecule has 0 amide bonds. The number of ether oxygens (including phenoxy) is 1. The van der Waals surface area contributed by atoms with Gasteiger partial charge in [0, 0.05) is 11.8 Å². The van der Waals surface area contributed by atoms with Gasteiger partial charge in [0.2, 0.25) is 0 Å². The lowest BCUT2D eigenvalue weighted by molar-refractivity contribution is -0.0527. The molecule has 1 aromatic heterocycles. The molecule has 9 heteroatoms. The van der Waals surface area contributed by atoms with Crippen LogP contribution in [0, 0.1) is 12.1 Å². The van der Waals surface area contributed by atoms with Gasteiger partial charge in [-0.05, 0) is 5.92 Å². The third kappa shape index (κ3) is 2.64. The molecule has 0 bridgehead atoms. The molecule has 2 heterocycles. The SMILES string of the molecule is Nc1nc(=O)n(C2OC(CO)C(=CF)C2O)cc1C#CF. The van der Waals surface area contributed by atoms with Crippen molar-refractivity contribution in [1.82, 2.24) is 9.55 Å². The Bertz CT molecular complexity index is 692. The van der Waals surface area contributed by atoms with Crippen molar-refractivity contribution in [1.29, 1.82) is 0 Å². The predicted molar refractivity (Wildman–Crippen MR) is 67.1 cm³/mol. The fourth-order valence-corrected chi connectivity index (χ4v) is 1.99.